The summed E-state index contributed by atoms with van der Waals surface area (Å²) >= 11 is 1.37. The number of phenolic OH excluding ortho intramolecular Hbond substituents is 1. The van der Waals surface area contributed by atoms with Gasteiger partial charge >= 0.3 is 0 Å². The van der Waals surface area contributed by atoms with E-state index in [4.69, 9.17) is 9.90 Å². The maximum atomic E-state index is 12.7. The van der Waals surface area contributed by atoms with Crippen LogP contribution in [0, 0.1) is 6.92 Å². The summed E-state index contributed by atoms with van der Waals surface area (Å²) in [4.78, 5) is 33.7. The van der Waals surface area contributed by atoms with E-state index in [2.05, 4.69) is 10.6 Å². The Balaban J connectivity index is 0.00000137. The third-order valence-electron chi connectivity index (χ3n) is 5.19. The topological polar surface area (TPSA) is 136 Å². The molecule has 0 aliphatic rings. The summed E-state index contributed by atoms with van der Waals surface area (Å²) in [6.45, 7) is 3.75. The van der Waals surface area contributed by atoms with Crippen LogP contribution in [0.4, 0.5) is 0 Å². The predicted molar refractivity (Wildman–Crippen MR) is 135 cm³/mol. The van der Waals surface area contributed by atoms with Gasteiger partial charge in [0.2, 0.25) is 0 Å². The summed E-state index contributed by atoms with van der Waals surface area (Å²) in [5.74, 6) is -0.161. The van der Waals surface area contributed by atoms with Crippen molar-refractivity contribution < 1.29 is 29.7 Å². The molecule has 2 atom stereocenters. The lowest BCUT2D eigenvalue weighted by Gasteiger charge is -2.17. The van der Waals surface area contributed by atoms with E-state index < -0.39 is 6.10 Å². The first-order chi connectivity index (χ1) is 16.7. The summed E-state index contributed by atoms with van der Waals surface area (Å²) in [6, 6.07) is 15.6. The maximum absolute atomic E-state index is 12.7. The second-order valence-corrected chi connectivity index (χ2v) is 8.91. The van der Waals surface area contributed by atoms with Gasteiger partial charge in [0.05, 0.1) is 11.0 Å². The molecule has 1 heterocycles. The predicted octanol–water partition coefficient (Wildman–Crippen LogP) is 3.68. The number of carboxylic acid groups (broad SMARTS) is 1. The Labute approximate surface area is 208 Å². The Kier molecular flexibility index (Phi) is 10.9. The molecule has 0 saturated carbocycles. The van der Waals surface area contributed by atoms with E-state index in [0.29, 0.717) is 29.8 Å². The lowest BCUT2D eigenvalue weighted by Crippen LogP contribution is -2.41. The van der Waals surface area contributed by atoms with Gasteiger partial charge in [-0.15, -0.1) is 11.3 Å². The fraction of sp³-hybridized carbons (Fsp3) is 0.269. The maximum Gasteiger partial charge on any atom is 0.290 e. The second kappa shape index (κ2) is 13.9. The molecule has 5 N–H and O–H groups in total. The van der Waals surface area contributed by atoms with Crippen molar-refractivity contribution in [3.63, 3.8) is 0 Å². The molecule has 0 radical (unpaired) electrons. The van der Waals surface area contributed by atoms with Crippen molar-refractivity contribution in [1.82, 2.24) is 10.6 Å². The summed E-state index contributed by atoms with van der Waals surface area (Å²) in [5, 5.41) is 34.6. The molecule has 0 aliphatic carbocycles. The number of aliphatic hydroxyl groups is 1. The first-order valence-corrected chi connectivity index (χ1v) is 11.9. The van der Waals surface area contributed by atoms with Crippen LogP contribution in [0.1, 0.15) is 56.2 Å². The summed E-state index contributed by atoms with van der Waals surface area (Å²) in [5.41, 5.74) is 3.00. The molecule has 8 nitrogen and oxygen atoms in total. The standard InChI is InChI=1S/C25H28N2O4S.CH2O2/c1-16-13-19(22(29)11-8-18-5-3-6-20(28)14-18)9-10-21(16)24(30)27-17(2)15-26-25(31)23-7-4-12-32-23;2-1-3/h3-7,9-10,12-14,17,22,28-29H,8,11,15H2,1-2H3,(H,26,31)(H,27,30);1H,(H,2,3). The van der Waals surface area contributed by atoms with Crippen molar-refractivity contribution in [2.45, 2.75) is 38.8 Å². The molecular weight excluding hydrogens is 468 g/mol. The third-order valence-corrected chi connectivity index (χ3v) is 6.06. The van der Waals surface area contributed by atoms with Gasteiger partial charge in [-0.25, -0.2) is 0 Å². The smallest absolute Gasteiger partial charge is 0.290 e. The van der Waals surface area contributed by atoms with Crippen LogP contribution in [-0.4, -0.2) is 46.2 Å². The van der Waals surface area contributed by atoms with E-state index in [-0.39, 0.29) is 30.1 Å². The van der Waals surface area contributed by atoms with Crippen molar-refractivity contribution >= 4 is 29.6 Å². The van der Waals surface area contributed by atoms with E-state index in [1.807, 2.05) is 37.4 Å². The number of phenols is 1. The van der Waals surface area contributed by atoms with Gasteiger partial charge in [-0.3, -0.25) is 14.4 Å². The molecule has 0 fully saturated rings. The number of amides is 2. The van der Waals surface area contributed by atoms with Gasteiger partial charge in [0, 0.05) is 18.2 Å². The lowest BCUT2D eigenvalue weighted by atomic mass is 9.97. The highest BCUT2D eigenvalue weighted by Gasteiger charge is 2.16. The average Bonchev–Trinajstić information content (AvgIpc) is 3.36. The fourth-order valence-corrected chi connectivity index (χ4v) is 4.06. The van der Waals surface area contributed by atoms with Crippen LogP contribution in [0.3, 0.4) is 0 Å². The van der Waals surface area contributed by atoms with Gasteiger partial charge in [-0.1, -0.05) is 30.3 Å². The largest absolute Gasteiger partial charge is 0.508 e. The van der Waals surface area contributed by atoms with Crippen molar-refractivity contribution in [2.75, 3.05) is 6.54 Å². The zero-order valence-electron chi connectivity index (χ0n) is 19.6. The van der Waals surface area contributed by atoms with Crippen LogP contribution < -0.4 is 10.6 Å². The number of hydrogen-bond donors (Lipinski definition) is 5. The van der Waals surface area contributed by atoms with Crippen LogP contribution >= 0.6 is 11.3 Å². The number of aryl methyl sites for hydroxylation is 2. The van der Waals surface area contributed by atoms with E-state index in [9.17, 15) is 19.8 Å². The first kappa shape index (κ1) is 27.6. The summed E-state index contributed by atoms with van der Waals surface area (Å²) in [7, 11) is 0. The van der Waals surface area contributed by atoms with Crippen LogP contribution in [0.2, 0.25) is 0 Å². The number of carbonyl (C=O) groups excluding carboxylic acids is 2. The highest BCUT2D eigenvalue weighted by molar-refractivity contribution is 7.12. The minimum absolute atomic E-state index is 0.152. The van der Waals surface area contributed by atoms with Crippen molar-refractivity contribution in [3.05, 3.63) is 87.1 Å². The molecule has 35 heavy (non-hydrogen) atoms. The quantitative estimate of drug-likeness (QED) is 0.286. The van der Waals surface area contributed by atoms with Crippen LogP contribution in [0.5, 0.6) is 5.75 Å². The third kappa shape index (κ3) is 8.88. The van der Waals surface area contributed by atoms with Gasteiger partial charge in [0.25, 0.3) is 18.3 Å². The Hall–Kier alpha value is -3.69. The Morgan fingerprint density at radius 3 is 2.46 bits per heavy atom. The van der Waals surface area contributed by atoms with Gasteiger partial charge in [-0.05, 0) is 73.0 Å². The Morgan fingerprint density at radius 1 is 1.09 bits per heavy atom. The Morgan fingerprint density at radius 2 is 1.83 bits per heavy atom. The molecule has 9 heteroatoms. The van der Waals surface area contributed by atoms with Crippen molar-refractivity contribution in [1.29, 1.82) is 0 Å². The zero-order valence-corrected chi connectivity index (χ0v) is 20.4. The van der Waals surface area contributed by atoms with Gasteiger partial charge in [0.15, 0.2) is 0 Å². The highest BCUT2D eigenvalue weighted by atomic mass is 32.1. The van der Waals surface area contributed by atoms with E-state index in [0.717, 1.165) is 16.7 Å². The molecular formula is C26H30N2O6S. The van der Waals surface area contributed by atoms with E-state index in [1.165, 1.54) is 11.3 Å². The highest BCUT2D eigenvalue weighted by Crippen LogP contribution is 2.23. The van der Waals surface area contributed by atoms with Crippen molar-refractivity contribution in [2.24, 2.45) is 0 Å². The number of hydrogen-bond acceptors (Lipinski definition) is 6. The Bertz CT molecular complexity index is 1120. The van der Waals surface area contributed by atoms with E-state index in [1.54, 1.807) is 36.4 Å². The number of benzene rings is 2. The molecule has 2 amide bonds. The number of aliphatic hydroxyl groups excluding tert-OH is 1. The van der Waals surface area contributed by atoms with Gasteiger partial charge in [-0.2, -0.15) is 0 Å². The zero-order chi connectivity index (χ0) is 25.8. The molecule has 1 aromatic heterocycles. The number of nitrogens with one attached hydrogen (secondary N) is 2. The molecule has 0 aliphatic heterocycles. The van der Waals surface area contributed by atoms with Gasteiger partial charge in [0.1, 0.15) is 5.75 Å². The molecule has 2 aromatic carbocycles. The molecule has 2 unspecified atom stereocenters. The van der Waals surface area contributed by atoms with Crippen LogP contribution in [0.25, 0.3) is 0 Å². The summed E-state index contributed by atoms with van der Waals surface area (Å²) < 4.78 is 0. The first-order valence-electron chi connectivity index (χ1n) is 11.0. The minimum Gasteiger partial charge on any atom is -0.508 e. The normalized spacial score (nSPS) is 12.0. The molecule has 186 valence electrons. The second-order valence-electron chi connectivity index (χ2n) is 7.97. The summed E-state index contributed by atoms with van der Waals surface area (Å²) in [6.07, 6.45) is 0.473. The fourth-order valence-electron chi connectivity index (χ4n) is 3.42. The monoisotopic (exact) mass is 498 g/mol. The molecule has 3 aromatic rings. The van der Waals surface area contributed by atoms with Crippen LogP contribution in [-0.2, 0) is 11.2 Å². The molecule has 0 saturated heterocycles. The van der Waals surface area contributed by atoms with Crippen LogP contribution in [0.15, 0.2) is 60.0 Å². The number of thiophene rings is 1. The molecule has 0 spiro atoms. The van der Waals surface area contributed by atoms with E-state index >= 15 is 0 Å². The number of carbonyl (C=O) groups is 3. The SMILES string of the molecule is Cc1cc(C(O)CCc2cccc(O)c2)ccc1C(=O)NC(C)CNC(=O)c1cccs1.O=CO. The lowest BCUT2D eigenvalue weighted by molar-refractivity contribution is -0.122. The average molecular weight is 499 g/mol. The number of rotatable bonds is 9. The minimum atomic E-state index is -0.667. The van der Waals surface area contributed by atoms with Crippen molar-refractivity contribution in [3.8, 4) is 5.75 Å². The van der Waals surface area contributed by atoms with Gasteiger partial charge < -0.3 is 26.0 Å². The molecule has 0 bridgehead atoms. The molecule has 3 rings (SSSR count). The number of aromatic hydroxyl groups is 1.